The SMILES string of the molecule is CC(C)c1ccc(CNCCc2ccn(C)n2)cc1. The molecular formula is C16H23N3. The van der Waals surface area contributed by atoms with Gasteiger partial charge in [-0.1, -0.05) is 38.1 Å². The Morgan fingerprint density at radius 2 is 1.89 bits per heavy atom. The van der Waals surface area contributed by atoms with Crippen LogP contribution in [0.4, 0.5) is 0 Å². The van der Waals surface area contributed by atoms with E-state index in [1.54, 1.807) is 0 Å². The van der Waals surface area contributed by atoms with Gasteiger partial charge in [0, 0.05) is 32.8 Å². The first-order chi connectivity index (χ1) is 9.15. The highest BCUT2D eigenvalue weighted by Crippen LogP contribution is 2.14. The molecule has 0 amide bonds. The summed E-state index contributed by atoms with van der Waals surface area (Å²) in [5, 5.41) is 7.82. The lowest BCUT2D eigenvalue weighted by atomic mass is 10.0. The predicted molar refractivity (Wildman–Crippen MR) is 79.1 cm³/mol. The molecular weight excluding hydrogens is 234 g/mol. The zero-order valence-electron chi connectivity index (χ0n) is 12.1. The summed E-state index contributed by atoms with van der Waals surface area (Å²) in [5.41, 5.74) is 3.88. The highest BCUT2D eigenvalue weighted by Gasteiger charge is 1.99. The summed E-state index contributed by atoms with van der Waals surface area (Å²) in [6, 6.07) is 10.9. The van der Waals surface area contributed by atoms with E-state index in [0.29, 0.717) is 5.92 Å². The maximum Gasteiger partial charge on any atom is 0.0637 e. The van der Waals surface area contributed by atoms with Gasteiger partial charge < -0.3 is 5.32 Å². The molecule has 3 heteroatoms. The maximum absolute atomic E-state index is 4.36. The molecule has 0 spiro atoms. The van der Waals surface area contributed by atoms with Gasteiger partial charge in [-0.15, -0.1) is 0 Å². The second-order valence-electron chi connectivity index (χ2n) is 5.30. The minimum Gasteiger partial charge on any atom is -0.312 e. The standard InChI is InChI=1S/C16H23N3/c1-13(2)15-6-4-14(5-7-15)12-17-10-8-16-9-11-19(3)18-16/h4-7,9,11,13,17H,8,10,12H2,1-3H3. The molecule has 102 valence electrons. The van der Waals surface area contributed by atoms with Crippen molar-refractivity contribution in [2.45, 2.75) is 32.7 Å². The molecule has 0 aliphatic heterocycles. The van der Waals surface area contributed by atoms with E-state index in [1.165, 1.54) is 11.1 Å². The smallest absolute Gasteiger partial charge is 0.0637 e. The molecule has 2 aromatic rings. The van der Waals surface area contributed by atoms with Crippen LogP contribution in [0.1, 0.15) is 36.6 Å². The number of nitrogens with zero attached hydrogens (tertiary/aromatic N) is 2. The maximum atomic E-state index is 4.36. The highest BCUT2D eigenvalue weighted by atomic mass is 15.2. The molecule has 1 N–H and O–H groups in total. The number of nitrogens with one attached hydrogen (secondary N) is 1. The van der Waals surface area contributed by atoms with E-state index in [2.05, 4.69) is 54.6 Å². The summed E-state index contributed by atoms with van der Waals surface area (Å²) in [5.74, 6) is 0.603. The van der Waals surface area contributed by atoms with E-state index in [1.807, 2.05) is 17.9 Å². The van der Waals surface area contributed by atoms with E-state index < -0.39 is 0 Å². The van der Waals surface area contributed by atoms with Gasteiger partial charge in [0.1, 0.15) is 0 Å². The van der Waals surface area contributed by atoms with Crippen LogP contribution < -0.4 is 5.32 Å². The van der Waals surface area contributed by atoms with Crippen LogP contribution in [0.5, 0.6) is 0 Å². The third-order valence-corrected chi connectivity index (χ3v) is 3.30. The molecule has 0 fully saturated rings. The molecule has 0 atom stereocenters. The molecule has 1 aromatic carbocycles. The van der Waals surface area contributed by atoms with Gasteiger partial charge in [-0.05, 0) is 23.1 Å². The number of benzene rings is 1. The van der Waals surface area contributed by atoms with Crippen molar-refractivity contribution in [3.63, 3.8) is 0 Å². The number of rotatable bonds is 6. The van der Waals surface area contributed by atoms with Crippen molar-refractivity contribution in [1.82, 2.24) is 15.1 Å². The van der Waals surface area contributed by atoms with Crippen molar-refractivity contribution < 1.29 is 0 Å². The number of hydrogen-bond donors (Lipinski definition) is 1. The molecule has 2 rings (SSSR count). The Bertz CT molecular complexity index is 497. The van der Waals surface area contributed by atoms with Gasteiger partial charge in [0.2, 0.25) is 0 Å². The van der Waals surface area contributed by atoms with Crippen molar-refractivity contribution in [1.29, 1.82) is 0 Å². The third kappa shape index (κ3) is 4.21. The van der Waals surface area contributed by atoms with Crippen LogP contribution in [0.2, 0.25) is 0 Å². The largest absolute Gasteiger partial charge is 0.312 e. The lowest BCUT2D eigenvalue weighted by Gasteiger charge is -2.07. The predicted octanol–water partition coefficient (Wildman–Crippen LogP) is 2.88. The monoisotopic (exact) mass is 257 g/mol. The average molecular weight is 257 g/mol. The summed E-state index contributed by atoms with van der Waals surface area (Å²) >= 11 is 0. The third-order valence-electron chi connectivity index (χ3n) is 3.30. The van der Waals surface area contributed by atoms with Gasteiger partial charge in [0.05, 0.1) is 5.69 Å². The zero-order valence-corrected chi connectivity index (χ0v) is 12.1. The normalized spacial score (nSPS) is 11.2. The first-order valence-corrected chi connectivity index (χ1v) is 6.93. The van der Waals surface area contributed by atoms with E-state index >= 15 is 0 Å². The zero-order chi connectivity index (χ0) is 13.7. The first-order valence-electron chi connectivity index (χ1n) is 6.93. The van der Waals surface area contributed by atoms with Gasteiger partial charge in [0.15, 0.2) is 0 Å². The van der Waals surface area contributed by atoms with Crippen LogP contribution >= 0.6 is 0 Å². The Kier molecular flexibility index (Phi) is 4.74. The minimum atomic E-state index is 0.603. The van der Waals surface area contributed by atoms with Gasteiger partial charge >= 0.3 is 0 Å². The molecule has 0 aliphatic carbocycles. The molecule has 3 nitrogen and oxygen atoms in total. The second-order valence-corrected chi connectivity index (χ2v) is 5.30. The van der Waals surface area contributed by atoms with Gasteiger partial charge in [-0.3, -0.25) is 4.68 Å². The molecule has 1 heterocycles. The summed E-state index contributed by atoms with van der Waals surface area (Å²) in [7, 11) is 1.95. The summed E-state index contributed by atoms with van der Waals surface area (Å²) in [6.45, 7) is 6.33. The van der Waals surface area contributed by atoms with Gasteiger partial charge in [-0.2, -0.15) is 5.10 Å². The first kappa shape index (κ1) is 13.8. The fraction of sp³-hybridized carbons (Fsp3) is 0.438. The van der Waals surface area contributed by atoms with Crippen LogP contribution in [0.15, 0.2) is 36.5 Å². The summed E-state index contributed by atoms with van der Waals surface area (Å²) in [4.78, 5) is 0. The van der Waals surface area contributed by atoms with Crippen LogP contribution in [0, 0.1) is 0 Å². The molecule has 0 radical (unpaired) electrons. The topological polar surface area (TPSA) is 29.9 Å². The Hall–Kier alpha value is -1.61. The minimum absolute atomic E-state index is 0.603. The summed E-state index contributed by atoms with van der Waals surface area (Å²) in [6.07, 6.45) is 2.96. The van der Waals surface area contributed by atoms with Crippen LogP contribution in [-0.4, -0.2) is 16.3 Å². The van der Waals surface area contributed by atoms with Crippen LogP contribution in [-0.2, 0) is 20.0 Å². The average Bonchev–Trinajstić information content (AvgIpc) is 2.81. The highest BCUT2D eigenvalue weighted by molar-refractivity contribution is 5.24. The Morgan fingerprint density at radius 1 is 1.16 bits per heavy atom. The fourth-order valence-electron chi connectivity index (χ4n) is 2.07. The molecule has 1 aromatic heterocycles. The van der Waals surface area contributed by atoms with Crippen molar-refractivity contribution in [3.05, 3.63) is 53.3 Å². The lowest BCUT2D eigenvalue weighted by molar-refractivity contribution is 0.665. The van der Waals surface area contributed by atoms with Crippen molar-refractivity contribution in [2.24, 2.45) is 7.05 Å². The van der Waals surface area contributed by atoms with Crippen molar-refractivity contribution >= 4 is 0 Å². The Labute approximate surface area is 115 Å². The van der Waals surface area contributed by atoms with E-state index in [9.17, 15) is 0 Å². The number of aryl methyl sites for hydroxylation is 1. The Morgan fingerprint density at radius 3 is 2.47 bits per heavy atom. The van der Waals surface area contributed by atoms with Crippen LogP contribution in [0.25, 0.3) is 0 Å². The Balaban J connectivity index is 1.73. The van der Waals surface area contributed by atoms with Crippen molar-refractivity contribution in [3.8, 4) is 0 Å². The van der Waals surface area contributed by atoms with E-state index in [4.69, 9.17) is 0 Å². The fourth-order valence-corrected chi connectivity index (χ4v) is 2.07. The second kappa shape index (κ2) is 6.53. The molecule has 0 aliphatic rings. The quantitative estimate of drug-likeness (QED) is 0.806. The molecule has 0 unspecified atom stereocenters. The molecule has 0 saturated carbocycles. The molecule has 0 saturated heterocycles. The number of hydrogen-bond acceptors (Lipinski definition) is 2. The molecule has 19 heavy (non-hydrogen) atoms. The van der Waals surface area contributed by atoms with Gasteiger partial charge in [-0.25, -0.2) is 0 Å². The summed E-state index contributed by atoms with van der Waals surface area (Å²) < 4.78 is 1.85. The van der Waals surface area contributed by atoms with E-state index in [0.717, 1.165) is 25.2 Å². The van der Waals surface area contributed by atoms with Crippen molar-refractivity contribution in [2.75, 3.05) is 6.54 Å². The molecule has 0 bridgehead atoms. The lowest BCUT2D eigenvalue weighted by Crippen LogP contribution is -2.17. The van der Waals surface area contributed by atoms with Crippen LogP contribution in [0.3, 0.4) is 0 Å². The number of aromatic nitrogens is 2. The van der Waals surface area contributed by atoms with Gasteiger partial charge in [0.25, 0.3) is 0 Å². The van der Waals surface area contributed by atoms with E-state index in [-0.39, 0.29) is 0 Å².